The molecule has 0 aliphatic heterocycles. The summed E-state index contributed by atoms with van der Waals surface area (Å²) in [5.41, 5.74) is 3.28. The fourth-order valence-electron chi connectivity index (χ4n) is 0.202. The highest BCUT2D eigenvalue weighted by atomic mass is 19.2. The molecule has 0 heterocycles. The fourth-order valence-corrected chi connectivity index (χ4v) is 0.202. The molecule has 0 fully saturated rings. The number of nitrogens with one attached hydrogen (secondary N) is 2. The van der Waals surface area contributed by atoms with Gasteiger partial charge in [-0.1, -0.05) is 5.65 Å². The van der Waals surface area contributed by atoms with Gasteiger partial charge < -0.3 is 0 Å². The van der Waals surface area contributed by atoms with E-state index in [1.165, 1.54) is 5.65 Å². The van der Waals surface area contributed by atoms with Crippen molar-refractivity contribution in [2.75, 3.05) is 13.2 Å². The molecule has 0 rings (SSSR count). The van der Waals surface area contributed by atoms with Crippen LogP contribution in [0.25, 0.3) is 0 Å². The van der Waals surface area contributed by atoms with E-state index < -0.39 is 6.67 Å². The average molecular weight is 110 g/mol. The van der Waals surface area contributed by atoms with Crippen molar-refractivity contribution in [1.82, 2.24) is 11.1 Å². The summed E-state index contributed by atoms with van der Waals surface area (Å²) in [6, 6.07) is 0. The van der Waals surface area contributed by atoms with Gasteiger partial charge in [0.1, 0.15) is 0 Å². The van der Waals surface area contributed by atoms with Crippen molar-refractivity contribution >= 4 is 0 Å². The molecular formula is C3H8F2N2. The molecule has 0 saturated heterocycles. The first kappa shape index (κ1) is 6.78. The monoisotopic (exact) mass is 110 g/mol. The fraction of sp³-hybridized carbons (Fsp3) is 1.00. The smallest absolute Gasteiger partial charge is 0.0907 e. The number of alkyl halides is 1. The Bertz CT molecular complexity index is 30.1. The summed E-state index contributed by atoms with van der Waals surface area (Å²) >= 11 is 0. The Labute approximate surface area is 40.8 Å². The summed E-state index contributed by atoms with van der Waals surface area (Å²) < 4.78 is 22.0. The second-order valence-corrected chi connectivity index (χ2v) is 1.06. The third-order valence-corrected chi connectivity index (χ3v) is 0.502. The van der Waals surface area contributed by atoms with Gasteiger partial charge in [0.05, 0.1) is 6.67 Å². The van der Waals surface area contributed by atoms with Crippen molar-refractivity contribution in [2.45, 2.75) is 6.42 Å². The van der Waals surface area contributed by atoms with E-state index in [0.29, 0.717) is 13.0 Å². The molecule has 2 N–H and O–H groups in total. The standard InChI is InChI=1S/C3H8F2N2/c4-2-1-3-6-7-5/h6-7H,1-3H2. The van der Waals surface area contributed by atoms with Crippen molar-refractivity contribution in [3.63, 3.8) is 0 Å². The normalized spacial score (nSPS) is 9.43. The Morgan fingerprint density at radius 1 is 1.43 bits per heavy atom. The van der Waals surface area contributed by atoms with Crippen LogP contribution in [0.3, 0.4) is 0 Å². The predicted octanol–water partition coefficient (Wildman–Crippen LogP) is 0.325. The highest BCUT2D eigenvalue weighted by Crippen LogP contribution is 1.73. The van der Waals surface area contributed by atoms with Gasteiger partial charge in [-0.05, 0) is 6.42 Å². The summed E-state index contributed by atoms with van der Waals surface area (Å²) in [4.78, 5) is 0. The van der Waals surface area contributed by atoms with E-state index >= 15 is 0 Å². The van der Waals surface area contributed by atoms with Crippen LogP contribution in [0, 0.1) is 0 Å². The SMILES string of the molecule is FCCCNNF. The highest BCUT2D eigenvalue weighted by Gasteiger charge is 1.80. The number of rotatable bonds is 4. The molecule has 0 bridgehead atoms. The molecule has 0 aromatic rings. The maximum absolute atomic E-state index is 11.1. The summed E-state index contributed by atoms with van der Waals surface area (Å²) in [6.07, 6.45) is 0.344. The van der Waals surface area contributed by atoms with Gasteiger partial charge >= 0.3 is 0 Å². The quantitative estimate of drug-likeness (QED) is 0.309. The van der Waals surface area contributed by atoms with Crippen molar-refractivity contribution in [1.29, 1.82) is 0 Å². The van der Waals surface area contributed by atoms with E-state index in [0.717, 1.165) is 0 Å². The molecule has 0 radical (unpaired) electrons. The minimum Gasteiger partial charge on any atom is -0.251 e. The Hall–Kier alpha value is -0.220. The van der Waals surface area contributed by atoms with Crippen LogP contribution < -0.4 is 11.1 Å². The van der Waals surface area contributed by atoms with Crippen LogP contribution in [-0.4, -0.2) is 13.2 Å². The van der Waals surface area contributed by atoms with Gasteiger partial charge in [0.15, 0.2) is 0 Å². The van der Waals surface area contributed by atoms with E-state index in [4.69, 9.17) is 0 Å². The van der Waals surface area contributed by atoms with E-state index in [-0.39, 0.29) is 0 Å². The van der Waals surface area contributed by atoms with Gasteiger partial charge in [0, 0.05) is 6.54 Å². The van der Waals surface area contributed by atoms with E-state index in [1.807, 2.05) is 0 Å². The number of halogens is 2. The second-order valence-electron chi connectivity index (χ2n) is 1.06. The highest BCUT2D eigenvalue weighted by molar-refractivity contribution is 4.33. The van der Waals surface area contributed by atoms with Gasteiger partial charge in [-0.15, -0.1) is 4.48 Å². The number of hydrogen-bond donors (Lipinski definition) is 2. The van der Waals surface area contributed by atoms with E-state index in [2.05, 4.69) is 5.43 Å². The molecule has 0 unspecified atom stereocenters. The van der Waals surface area contributed by atoms with E-state index in [9.17, 15) is 8.87 Å². The lowest BCUT2D eigenvalue weighted by Crippen LogP contribution is -2.24. The van der Waals surface area contributed by atoms with Crippen LogP contribution in [0.2, 0.25) is 0 Å². The van der Waals surface area contributed by atoms with Crippen molar-refractivity contribution in [3.05, 3.63) is 0 Å². The Balaban J connectivity index is 2.45. The first-order valence-electron chi connectivity index (χ1n) is 2.06. The third kappa shape index (κ3) is 5.78. The number of hydrazine groups is 1. The van der Waals surface area contributed by atoms with Crippen LogP contribution in [0.1, 0.15) is 6.42 Å². The molecule has 0 atom stereocenters. The molecule has 0 amide bonds. The molecule has 0 aromatic carbocycles. The lowest BCUT2D eigenvalue weighted by Gasteiger charge is -1.92. The summed E-state index contributed by atoms with van der Waals surface area (Å²) in [7, 11) is 0. The Morgan fingerprint density at radius 3 is 2.57 bits per heavy atom. The lowest BCUT2D eigenvalue weighted by atomic mass is 10.5. The number of hydrogen-bond acceptors (Lipinski definition) is 2. The topological polar surface area (TPSA) is 24.1 Å². The first-order valence-corrected chi connectivity index (χ1v) is 2.06. The minimum atomic E-state index is -0.408. The predicted molar refractivity (Wildman–Crippen MR) is 22.8 cm³/mol. The summed E-state index contributed by atoms with van der Waals surface area (Å²) in [5.74, 6) is 0. The minimum absolute atomic E-state index is 0.326. The van der Waals surface area contributed by atoms with Gasteiger partial charge in [-0.3, -0.25) is 4.39 Å². The van der Waals surface area contributed by atoms with Crippen LogP contribution in [-0.2, 0) is 0 Å². The molecule has 4 heteroatoms. The molecule has 0 spiro atoms. The zero-order chi connectivity index (χ0) is 5.54. The summed E-state index contributed by atoms with van der Waals surface area (Å²) in [6.45, 7) is -0.0817. The molecule has 0 aromatic heterocycles. The lowest BCUT2D eigenvalue weighted by molar-refractivity contribution is 0.261. The van der Waals surface area contributed by atoms with Gasteiger partial charge in [-0.25, -0.2) is 5.43 Å². The third-order valence-electron chi connectivity index (χ3n) is 0.502. The molecule has 7 heavy (non-hydrogen) atoms. The zero-order valence-electron chi connectivity index (χ0n) is 3.88. The van der Waals surface area contributed by atoms with Crippen LogP contribution in [0.15, 0.2) is 0 Å². The average Bonchev–Trinajstić information content (AvgIpc) is 1.69. The van der Waals surface area contributed by atoms with Crippen LogP contribution >= 0.6 is 0 Å². The largest absolute Gasteiger partial charge is 0.251 e. The molecule has 0 aliphatic rings. The maximum Gasteiger partial charge on any atom is 0.0907 e. The second kappa shape index (κ2) is 5.78. The molecule has 0 aliphatic carbocycles. The van der Waals surface area contributed by atoms with Crippen molar-refractivity contribution in [3.8, 4) is 0 Å². The van der Waals surface area contributed by atoms with Gasteiger partial charge in [0.25, 0.3) is 0 Å². The van der Waals surface area contributed by atoms with Crippen molar-refractivity contribution < 1.29 is 8.87 Å². The Morgan fingerprint density at radius 2 is 2.14 bits per heavy atom. The molecule has 0 saturated carbocycles. The summed E-state index contributed by atoms with van der Waals surface area (Å²) in [5, 5.41) is 0. The maximum atomic E-state index is 11.1. The first-order chi connectivity index (χ1) is 3.41. The van der Waals surface area contributed by atoms with Crippen LogP contribution in [0.5, 0.6) is 0 Å². The zero-order valence-corrected chi connectivity index (χ0v) is 3.88. The molecule has 44 valence electrons. The van der Waals surface area contributed by atoms with Gasteiger partial charge in [0.2, 0.25) is 0 Å². The van der Waals surface area contributed by atoms with Crippen molar-refractivity contribution in [2.24, 2.45) is 0 Å². The van der Waals surface area contributed by atoms with Gasteiger partial charge in [-0.2, -0.15) is 0 Å². The van der Waals surface area contributed by atoms with E-state index in [1.54, 1.807) is 0 Å². The van der Waals surface area contributed by atoms with Crippen LogP contribution in [0.4, 0.5) is 8.87 Å². The Kier molecular flexibility index (Phi) is 5.60. The molecular weight excluding hydrogens is 102 g/mol. The molecule has 2 nitrogen and oxygen atoms in total.